The summed E-state index contributed by atoms with van der Waals surface area (Å²) in [6.07, 6.45) is 4.34. The summed E-state index contributed by atoms with van der Waals surface area (Å²) in [4.78, 5) is 2.63. The van der Waals surface area contributed by atoms with Gasteiger partial charge in [0.25, 0.3) is 0 Å². The van der Waals surface area contributed by atoms with Gasteiger partial charge in [-0.1, -0.05) is 6.42 Å². The van der Waals surface area contributed by atoms with Crippen LogP contribution in [0.3, 0.4) is 0 Å². The van der Waals surface area contributed by atoms with Crippen molar-refractivity contribution in [2.45, 2.75) is 42.7 Å². The van der Waals surface area contributed by atoms with E-state index in [2.05, 4.69) is 9.62 Å². The molecule has 2 aliphatic rings. The van der Waals surface area contributed by atoms with Crippen molar-refractivity contribution in [1.82, 2.24) is 9.62 Å². The summed E-state index contributed by atoms with van der Waals surface area (Å²) in [6.45, 7) is 2.06. The van der Waals surface area contributed by atoms with Gasteiger partial charge in [-0.15, -0.1) is 0 Å². The third kappa shape index (κ3) is 2.95. The molecule has 0 aliphatic carbocycles. The van der Waals surface area contributed by atoms with E-state index in [0.717, 1.165) is 25.9 Å². The lowest BCUT2D eigenvalue weighted by molar-refractivity contribution is 0.186. The maximum absolute atomic E-state index is 12.4. The Morgan fingerprint density at radius 1 is 1.14 bits per heavy atom. The minimum Gasteiger partial charge on any atom is -0.299 e. The van der Waals surface area contributed by atoms with Gasteiger partial charge < -0.3 is 0 Å². The van der Waals surface area contributed by atoms with Crippen LogP contribution in [0.1, 0.15) is 31.2 Å². The molecule has 0 aromatic heterocycles. The average molecular weight is 305 g/mol. The van der Waals surface area contributed by atoms with Crippen LogP contribution >= 0.6 is 0 Å². The third-order valence-corrected chi connectivity index (χ3v) is 5.96. The number of sulfonamides is 1. The summed E-state index contributed by atoms with van der Waals surface area (Å²) in [7, 11) is -3.51. The third-order valence-electron chi connectivity index (χ3n) is 4.46. The van der Waals surface area contributed by atoms with Gasteiger partial charge >= 0.3 is 0 Å². The Balaban J connectivity index is 1.75. The Morgan fingerprint density at radius 3 is 2.62 bits per heavy atom. The molecule has 3 rings (SSSR count). The highest BCUT2D eigenvalue weighted by Gasteiger charge is 2.37. The van der Waals surface area contributed by atoms with E-state index >= 15 is 0 Å². The number of nitriles is 1. The van der Waals surface area contributed by atoms with E-state index in [1.54, 1.807) is 0 Å². The van der Waals surface area contributed by atoms with Gasteiger partial charge in [0.2, 0.25) is 10.0 Å². The van der Waals surface area contributed by atoms with Crippen molar-refractivity contribution in [3.8, 4) is 6.07 Å². The van der Waals surface area contributed by atoms with Gasteiger partial charge in [0.15, 0.2) is 0 Å². The Bertz CT molecular complexity index is 648. The van der Waals surface area contributed by atoms with Crippen molar-refractivity contribution in [3.63, 3.8) is 0 Å². The molecule has 21 heavy (non-hydrogen) atoms. The normalized spacial score (nSPS) is 26.2. The van der Waals surface area contributed by atoms with Crippen LogP contribution < -0.4 is 4.72 Å². The molecule has 6 heteroatoms. The Hall–Kier alpha value is -1.42. The quantitative estimate of drug-likeness (QED) is 0.917. The number of hydrogen-bond acceptors (Lipinski definition) is 4. The lowest BCUT2D eigenvalue weighted by atomic mass is 10.00. The van der Waals surface area contributed by atoms with E-state index in [4.69, 9.17) is 5.26 Å². The average Bonchev–Trinajstić information content (AvgIpc) is 2.90. The molecule has 0 saturated carbocycles. The Kier molecular flexibility index (Phi) is 3.98. The molecule has 0 radical (unpaired) electrons. The van der Waals surface area contributed by atoms with Crippen molar-refractivity contribution < 1.29 is 8.42 Å². The highest BCUT2D eigenvalue weighted by Crippen LogP contribution is 2.28. The maximum Gasteiger partial charge on any atom is 0.240 e. The van der Waals surface area contributed by atoms with Crippen LogP contribution in [-0.2, 0) is 10.0 Å². The highest BCUT2D eigenvalue weighted by atomic mass is 32.2. The topological polar surface area (TPSA) is 73.2 Å². The highest BCUT2D eigenvalue weighted by molar-refractivity contribution is 7.89. The molecule has 0 spiro atoms. The van der Waals surface area contributed by atoms with E-state index in [-0.39, 0.29) is 10.9 Å². The van der Waals surface area contributed by atoms with Crippen molar-refractivity contribution >= 4 is 10.0 Å². The zero-order valence-electron chi connectivity index (χ0n) is 11.8. The minimum atomic E-state index is -3.51. The second-order valence-electron chi connectivity index (χ2n) is 5.75. The molecular formula is C15H19N3O2S. The van der Waals surface area contributed by atoms with Crippen LogP contribution in [0, 0.1) is 11.3 Å². The van der Waals surface area contributed by atoms with Crippen LogP contribution in [0.5, 0.6) is 0 Å². The van der Waals surface area contributed by atoms with Crippen LogP contribution in [-0.4, -0.2) is 38.5 Å². The molecule has 2 atom stereocenters. The number of nitrogens with one attached hydrogen (secondary N) is 1. The first-order valence-corrected chi connectivity index (χ1v) is 8.85. The first-order valence-electron chi connectivity index (χ1n) is 7.37. The van der Waals surface area contributed by atoms with Crippen LogP contribution in [0.15, 0.2) is 29.2 Å². The molecule has 1 aromatic carbocycles. The lowest BCUT2D eigenvalue weighted by Gasteiger charge is -2.32. The predicted octanol–water partition coefficient (Wildman–Crippen LogP) is 1.46. The van der Waals surface area contributed by atoms with Crippen LogP contribution in [0.2, 0.25) is 0 Å². The summed E-state index contributed by atoms with van der Waals surface area (Å²) in [6, 6.07) is 8.40. The smallest absolute Gasteiger partial charge is 0.240 e. The fourth-order valence-electron chi connectivity index (χ4n) is 3.36. The van der Waals surface area contributed by atoms with E-state index < -0.39 is 10.0 Å². The Morgan fingerprint density at radius 2 is 1.90 bits per heavy atom. The van der Waals surface area contributed by atoms with Crippen molar-refractivity contribution in [3.05, 3.63) is 29.8 Å². The molecular weight excluding hydrogens is 286 g/mol. The summed E-state index contributed by atoms with van der Waals surface area (Å²) in [5.41, 5.74) is 0.466. The lowest BCUT2D eigenvalue weighted by Crippen LogP contribution is -2.46. The van der Waals surface area contributed by atoms with Crippen molar-refractivity contribution in [2.75, 3.05) is 13.1 Å². The van der Waals surface area contributed by atoms with Gasteiger partial charge in [0, 0.05) is 18.6 Å². The molecule has 2 saturated heterocycles. The molecule has 1 N–H and O–H groups in total. The molecule has 5 nitrogen and oxygen atoms in total. The molecule has 2 fully saturated rings. The van der Waals surface area contributed by atoms with Gasteiger partial charge in [-0.2, -0.15) is 5.26 Å². The van der Waals surface area contributed by atoms with E-state index in [9.17, 15) is 8.42 Å². The molecule has 1 aromatic rings. The first kappa shape index (κ1) is 14.5. The second-order valence-corrected chi connectivity index (χ2v) is 7.47. The van der Waals surface area contributed by atoms with Gasteiger partial charge in [0.1, 0.15) is 0 Å². The fraction of sp³-hybridized carbons (Fsp3) is 0.533. The Labute approximate surface area is 125 Å². The van der Waals surface area contributed by atoms with E-state index in [0.29, 0.717) is 11.6 Å². The zero-order chi connectivity index (χ0) is 14.9. The molecule has 112 valence electrons. The number of fused-ring (bicyclic) bond motifs is 1. The molecule has 0 bridgehead atoms. The largest absolute Gasteiger partial charge is 0.299 e. The van der Waals surface area contributed by atoms with E-state index in [1.807, 2.05) is 6.07 Å². The fourth-order valence-corrected chi connectivity index (χ4v) is 4.66. The van der Waals surface area contributed by atoms with Gasteiger partial charge in [-0.05, 0) is 50.1 Å². The number of piperidine rings is 1. The minimum absolute atomic E-state index is 0.00550. The van der Waals surface area contributed by atoms with Crippen LogP contribution in [0.25, 0.3) is 0 Å². The predicted molar refractivity (Wildman–Crippen MR) is 79.1 cm³/mol. The summed E-state index contributed by atoms with van der Waals surface area (Å²) in [5.74, 6) is 0. The SMILES string of the molecule is N#Cc1ccc(S(=O)(=O)NC2CCN3CCCCC23)cc1. The standard InChI is InChI=1S/C15H19N3O2S/c16-11-12-4-6-13(7-5-12)21(19,20)17-14-8-10-18-9-2-1-3-15(14)18/h4-7,14-15,17H,1-3,8-10H2. The summed E-state index contributed by atoms with van der Waals surface area (Å²) < 4.78 is 27.8. The molecule has 2 aliphatic heterocycles. The number of nitrogens with zero attached hydrogens (tertiary/aromatic N) is 2. The second kappa shape index (κ2) is 5.76. The zero-order valence-corrected chi connectivity index (χ0v) is 12.6. The van der Waals surface area contributed by atoms with Crippen molar-refractivity contribution in [1.29, 1.82) is 5.26 Å². The number of benzene rings is 1. The first-order chi connectivity index (χ1) is 10.1. The molecule has 2 heterocycles. The summed E-state index contributed by atoms with van der Waals surface area (Å²) in [5, 5.41) is 8.77. The molecule has 0 amide bonds. The maximum atomic E-state index is 12.4. The number of hydrogen-bond donors (Lipinski definition) is 1. The van der Waals surface area contributed by atoms with Crippen molar-refractivity contribution in [2.24, 2.45) is 0 Å². The molecule has 2 unspecified atom stereocenters. The van der Waals surface area contributed by atoms with Gasteiger partial charge in [-0.3, -0.25) is 4.90 Å². The van der Waals surface area contributed by atoms with Gasteiger partial charge in [0.05, 0.1) is 16.5 Å². The van der Waals surface area contributed by atoms with E-state index in [1.165, 1.54) is 37.1 Å². The van der Waals surface area contributed by atoms with Gasteiger partial charge in [-0.25, -0.2) is 13.1 Å². The summed E-state index contributed by atoms with van der Waals surface area (Å²) >= 11 is 0. The monoisotopic (exact) mass is 305 g/mol. The number of rotatable bonds is 3. The van der Waals surface area contributed by atoms with Crippen LogP contribution in [0.4, 0.5) is 0 Å².